The topological polar surface area (TPSA) is 57.6 Å². The van der Waals surface area contributed by atoms with Crippen molar-refractivity contribution in [2.45, 2.75) is 45.1 Å². The van der Waals surface area contributed by atoms with Gasteiger partial charge in [0.15, 0.2) is 17.4 Å². The number of aliphatic carboxylic acids is 1. The van der Waals surface area contributed by atoms with E-state index in [1.165, 1.54) is 6.07 Å². The molecule has 136 valence electrons. The molecule has 0 aliphatic carbocycles. The van der Waals surface area contributed by atoms with E-state index in [0.717, 1.165) is 37.2 Å². The highest BCUT2D eigenvalue weighted by Gasteiger charge is 2.31. The Bertz CT molecular complexity index is 675. The van der Waals surface area contributed by atoms with Crippen molar-refractivity contribution in [1.82, 2.24) is 4.90 Å². The third-order valence-corrected chi connectivity index (χ3v) is 4.67. The summed E-state index contributed by atoms with van der Waals surface area (Å²) in [4.78, 5) is 25.9. The standard InChI is InChI=1S/C19H23F2NO3/c1-12(2)22-9-3-4-17(22)18(23)8-6-14(19(24)25)10-13-5-7-15(20)16(21)11-13/h5,7,11,14,17H,1,3-4,6,8-10H2,2H3,(H,24,25)/t14-,17+/m0/s1. The molecule has 25 heavy (non-hydrogen) atoms. The fraction of sp³-hybridized carbons (Fsp3) is 0.474. The predicted molar refractivity (Wildman–Crippen MR) is 90.0 cm³/mol. The minimum atomic E-state index is -1.04. The third-order valence-electron chi connectivity index (χ3n) is 4.67. The lowest BCUT2D eigenvalue weighted by atomic mass is 9.92. The number of halogens is 2. The molecule has 1 saturated heterocycles. The van der Waals surface area contributed by atoms with E-state index in [1.54, 1.807) is 0 Å². The van der Waals surface area contributed by atoms with Gasteiger partial charge in [-0.3, -0.25) is 9.59 Å². The van der Waals surface area contributed by atoms with Crippen LogP contribution in [0, 0.1) is 17.6 Å². The number of carbonyl (C=O) groups excluding carboxylic acids is 1. The second-order valence-corrected chi connectivity index (χ2v) is 6.58. The van der Waals surface area contributed by atoms with Crippen molar-refractivity contribution in [3.63, 3.8) is 0 Å². The Morgan fingerprint density at radius 2 is 2.08 bits per heavy atom. The van der Waals surface area contributed by atoms with Gasteiger partial charge in [0.1, 0.15) is 0 Å². The summed E-state index contributed by atoms with van der Waals surface area (Å²) in [5.41, 5.74) is 1.25. The number of rotatable bonds is 8. The maximum Gasteiger partial charge on any atom is 0.306 e. The van der Waals surface area contributed by atoms with E-state index in [2.05, 4.69) is 6.58 Å². The number of ketones is 1. The summed E-state index contributed by atoms with van der Waals surface area (Å²) in [5.74, 6) is -3.81. The van der Waals surface area contributed by atoms with Crippen LogP contribution in [0.15, 0.2) is 30.5 Å². The fourth-order valence-electron chi connectivity index (χ4n) is 3.31. The molecule has 4 nitrogen and oxygen atoms in total. The van der Waals surface area contributed by atoms with Crippen molar-refractivity contribution < 1.29 is 23.5 Å². The Labute approximate surface area is 146 Å². The number of carbonyl (C=O) groups is 2. The fourth-order valence-corrected chi connectivity index (χ4v) is 3.31. The van der Waals surface area contributed by atoms with Crippen molar-refractivity contribution >= 4 is 11.8 Å². The molecule has 2 rings (SSSR count). The van der Waals surface area contributed by atoms with E-state index < -0.39 is 23.5 Å². The van der Waals surface area contributed by atoms with Crippen LogP contribution in [0.1, 0.15) is 38.2 Å². The van der Waals surface area contributed by atoms with Crippen molar-refractivity contribution in [2.24, 2.45) is 5.92 Å². The molecular formula is C19H23F2NO3. The average Bonchev–Trinajstić information content (AvgIpc) is 3.04. The van der Waals surface area contributed by atoms with Crippen LogP contribution in [0.5, 0.6) is 0 Å². The molecule has 0 unspecified atom stereocenters. The molecule has 1 aliphatic heterocycles. The largest absolute Gasteiger partial charge is 0.481 e. The average molecular weight is 351 g/mol. The maximum atomic E-state index is 13.3. The molecule has 0 radical (unpaired) electrons. The van der Waals surface area contributed by atoms with Crippen LogP contribution in [-0.4, -0.2) is 34.3 Å². The Morgan fingerprint density at radius 3 is 2.68 bits per heavy atom. The first-order chi connectivity index (χ1) is 11.8. The van der Waals surface area contributed by atoms with Crippen molar-refractivity contribution in [3.8, 4) is 0 Å². The number of benzene rings is 1. The van der Waals surface area contributed by atoms with Crippen LogP contribution in [-0.2, 0) is 16.0 Å². The Morgan fingerprint density at radius 1 is 1.36 bits per heavy atom. The Hall–Kier alpha value is -2.24. The smallest absolute Gasteiger partial charge is 0.306 e. The number of carboxylic acid groups (broad SMARTS) is 1. The summed E-state index contributed by atoms with van der Waals surface area (Å²) in [6.45, 7) is 6.53. The highest BCUT2D eigenvalue weighted by molar-refractivity contribution is 5.85. The van der Waals surface area contributed by atoms with Crippen LogP contribution in [0.4, 0.5) is 8.78 Å². The molecule has 1 heterocycles. The molecule has 1 aliphatic rings. The van der Waals surface area contributed by atoms with Crippen LogP contribution >= 0.6 is 0 Å². The van der Waals surface area contributed by atoms with E-state index in [1.807, 2.05) is 11.8 Å². The van der Waals surface area contributed by atoms with Gasteiger partial charge in [-0.05, 0) is 50.3 Å². The van der Waals surface area contributed by atoms with Crippen molar-refractivity contribution in [1.29, 1.82) is 0 Å². The summed E-state index contributed by atoms with van der Waals surface area (Å²) in [6.07, 6.45) is 2.06. The quantitative estimate of drug-likeness (QED) is 0.778. The number of nitrogens with zero attached hydrogens (tertiary/aromatic N) is 1. The van der Waals surface area contributed by atoms with Gasteiger partial charge in [0, 0.05) is 18.7 Å². The van der Waals surface area contributed by atoms with Gasteiger partial charge in [-0.25, -0.2) is 8.78 Å². The normalized spacial score (nSPS) is 18.2. The molecule has 0 saturated carbocycles. The summed E-state index contributed by atoms with van der Waals surface area (Å²) >= 11 is 0. The molecule has 6 heteroatoms. The van der Waals surface area contributed by atoms with Gasteiger partial charge in [0.05, 0.1) is 12.0 Å². The summed E-state index contributed by atoms with van der Waals surface area (Å²) < 4.78 is 26.3. The highest BCUT2D eigenvalue weighted by atomic mass is 19.2. The summed E-state index contributed by atoms with van der Waals surface area (Å²) in [6, 6.07) is 3.14. The monoisotopic (exact) mass is 351 g/mol. The van der Waals surface area contributed by atoms with Crippen LogP contribution < -0.4 is 0 Å². The molecule has 0 aromatic heterocycles. The number of likely N-dealkylation sites (tertiary alicyclic amines) is 1. The van der Waals surface area contributed by atoms with Gasteiger partial charge in [-0.2, -0.15) is 0 Å². The highest BCUT2D eigenvalue weighted by Crippen LogP contribution is 2.25. The van der Waals surface area contributed by atoms with Crippen molar-refractivity contribution in [2.75, 3.05) is 6.54 Å². The van der Waals surface area contributed by atoms with Gasteiger partial charge in [0.2, 0.25) is 0 Å². The number of carboxylic acids is 1. The zero-order valence-corrected chi connectivity index (χ0v) is 14.3. The van der Waals surface area contributed by atoms with E-state index in [4.69, 9.17) is 0 Å². The van der Waals surface area contributed by atoms with Gasteiger partial charge < -0.3 is 10.0 Å². The van der Waals surface area contributed by atoms with E-state index >= 15 is 0 Å². The van der Waals surface area contributed by atoms with E-state index in [9.17, 15) is 23.5 Å². The molecular weight excluding hydrogens is 328 g/mol. The van der Waals surface area contributed by atoms with Crippen LogP contribution in [0.3, 0.4) is 0 Å². The van der Waals surface area contributed by atoms with Crippen LogP contribution in [0.25, 0.3) is 0 Å². The predicted octanol–water partition coefficient (Wildman–Crippen LogP) is 3.56. The first-order valence-electron chi connectivity index (χ1n) is 8.41. The molecule has 1 fully saturated rings. The minimum Gasteiger partial charge on any atom is -0.481 e. The first kappa shape index (κ1) is 19.1. The molecule has 1 aromatic carbocycles. The van der Waals surface area contributed by atoms with Gasteiger partial charge >= 0.3 is 5.97 Å². The lowest BCUT2D eigenvalue weighted by Gasteiger charge is -2.26. The molecule has 1 N–H and O–H groups in total. The maximum absolute atomic E-state index is 13.3. The molecule has 1 aromatic rings. The van der Waals surface area contributed by atoms with E-state index in [0.29, 0.717) is 5.56 Å². The van der Waals surface area contributed by atoms with Crippen LogP contribution in [0.2, 0.25) is 0 Å². The number of allylic oxidation sites excluding steroid dienone is 1. The summed E-state index contributed by atoms with van der Waals surface area (Å²) in [7, 11) is 0. The Balaban J connectivity index is 1.97. The first-order valence-corrected chi connectivity index (χ1v) is 8.41. The molecule has 0 amide bonds. The number of hydrogen-bond acceptors (Lipinski definition) is 3. The lowest BCUT2D eigenvalue weighted by Crippen LogP contribution is -2.35. The lowest BCUT2D eigenvalue weighted by molar-refractivity contribution is -0.142. The third kappa shape index (κ3) is 4.87. The second-order valence-electron chi connectivity index (χ2n) is 6.58. The van der Waals surface area contributed by atoms with Gasteiger partial charge in [-0.15, -0.1) is 0 Å². The van der Waals surface area contributed by atoms with Gasteiger partial charge in [-0.1, -0.05) is 12.6 Å². The SMILES string of the molecule is C=C(C)N1CCC[C@@H]1C(=O)CC[C@@H](Cc1ccc(F)c(F)c1)C(=O)O. The van der Waals surface area contributed by atoms with E-state index in [-0.39, 0.29) is 31.1 Å². The molecule has 0 bridgehead atoms. The van der Waals surface area contributed by atoms with Crippen molar-refractivity contribution in [3.05, 3.63) is 47.7 Å². The zero-order valence-electron chi connectivity index (χ0n) is 14.3. The summed E-state index contributed by atoms with van der Waals surface area (Å²) in [5, 5.41) is 9.37. The zero-order chi connectivity index (χ0) is 18.6. The molecule has 0 spiro atoms. The second kappa shape index (κ2) is 8.23. The number of Topliss-reactive ketones (excluding diaryl/α,β-unsaturated/α-hetero) is 1. The Kier molecular flexibility index (Phi) is 6.28. The van der Waals surface area contributed by atoms with Gasteiger partial charge in [0.25, 0.3) is 0 Å². The molecule has 2 atom stereocenters. The minimum absolute atomic E-state index is 0.0111. The number of hydrogen-bond donors (Lipinski definition) is 1.